The van der Waals surface area contributed by atoms with Gasteiger partial charge in [-0.05, 0) is 31.0 Å². The molecule has 1 aliphatic carbocycles. The van der Waals surface area contributed by atoms with E-state index in [0.29, 0.717) is 18.7 Å². The predicted molar refractivity (Wildman–Crippen MR) is 67.2 cm³/mol. The molecule has 0 bridgehead atoms. The summed E-state index contributed by atoms with van der Waals surface area (Å²) in [6, 6.07) is 3.17. The molecule has 1 aliphatic rings. The van der Waals surface area contributed by atoms with Crippen molar-refractivity contribution in [1.82, 2.24) is 5.32 Å². The number of rotatable bonds is 5. The Bertz CT molecular complexity index is 441. The lowest BCUT2D eigenvalue weighted by molar-refractivity contribution is -0.140. The second-order valence-corrected chi connectivity index (χ2v) is 4.92. The first-order valence-corrected chi connectivity index (χ1v) is 6.70. The van der Waals surface area contributed by atoms with Crippen molar-refractivity contribution in [2.45, 2.75) is 37.9 Å². The molecule has 0 aliphatic heterocycles. The number of hydrogen-bond donors (Lipinski definition) is 1. The minimum atomic E-state index is -4.70. The molecule has 0 amide bonds. The zero-order valence-corrected chi connectivity index (χ0v) is 11.0. The Morgan fingerprint density at radius 2 is 1.90 bits per heavy atom. The third kappa shape index (κ3) is 4.10. The van der Waals surface area contributed by atoms with E-state index in [1.807, 2.05) is 0 Å². The quantitative estimate of drug-likeness (QED) is 0.659. The zero-order chi connectivity index (χ0) is 14.6. The molecular weight excluding hydrogens is 274 g/mol. The third-order valence-electron chi connectivity index (χ3n) is 3.40. The van der Waals surface area contributed by atoms with Gasteiger partial charge in [0.15, 0.2) is 0 Å². The summed E-state index contributed by atoms with van der Waals surface area (Å²) in [5, 5.41) is 3.29. The molecule has 1 aromatic carbocycles. The van der Waals surface area contributed by atoms with Gasteiger partial charge in [0.2, 0.25) is 0 Å². The van der Waals surface area contributed by atoms with Gasteiger partial charge in [-0.1, -0.05) is 12.8 Å². The first-order valence-electron chi connectivity index (χ1n) is 6.70. The van der Waals surface area contributed by atoms with Gasteiger partial charge in [0.25, 0.3) is 0 Å². The van der Waals surface area contributed by atoms with E-state index in [-0.39, 0.29) is 12.4 Å². The number of halogens is 4. The van der Waals surface area contributed by atoms with Crippen molar-refractivity contribution in [1.29, 1.82) is 0 Å². The van der Waals surface area contributed by atoms with E-state index in [1.165, 1.54) is 18.9 Å². The van der Waals surface area contributed by atoms with Crippen molar-refractivity contribution in [2.75, 3.05) is 13.2 Å². The predicted octanol–water partition coefficient (Wildman–Crippen LogP) is 3.76. The molecule has 0 atom stereocenters. The van der Waals surface area contributed by atoms with Crippen molar-refractivity contribution >= 4 is 0 Å². The van der Waals surface area contributed by atoms with Crippen LogP contribution in [0.15, 0.2) is 18.2 Å². The molecule has 1 N–H and O–H groups in total. The van der Waals surface area contributed by atoms with Gasteiger partial charge in [-0.25, -0.2) is 4.39 Å². The van der Waals surface area contributed by atoms with Crippen LogP contribution in [0.5, 0.6) is 5.75 Å². The smallest absolute Gasteiger partial charge is 0.419 e. The fourth-order valence-corrected chi connectivity index (χ4v) is 2.37. The van der Waals surface area contributed by atoms with E-state index >= 15 is 0 Å². The molecule has 1 fully saturated rings. The van der Waals surface area contributed by atoms with E-state index in [1.54, 1.807) is 0 Å². The van der Waals surface area contributed by atoms with E-state index < -0.39 is 17.6 Å². The standard InChI is InChI=1S/C14H17F4NO/c15-13-6-5-11(9-12(13)14(16,17)18)20-8-7-19-10-3-1-2-4-10/h5-6,9-10,19H,1-4,7-8H2. The lowest BCUT2D eigenvalue weighted by Gasteiger charge is -2.13. The van der Waals surface area contributed by atoms with Crippen LogP contribution in [0.1, 0.15) is 31.2 Å². The normalized spacial score (nSPS) is 16.6. The molecule has 0 saturated heterocycles. The Kier molecular flexibility index (Phi) is 4.86. The van der Waals surface area contributed by atoms with Crippen LogP contribution in [0.2, 0.25) is 0 Å². The summed E-state index contributed by atoms with van der Waals surface area (Å²) < 4.78 is 55.8. The fraction of sp³-hybridized carbons (Fsp3) is 0.571. The van der Waals surface area contributed by atoms with Crippen molar-refractivity contribution in [2.24, 2.45) is 0 Å². The highest BCUT2D eigenvalue weighted by molar-refractivity contribution is 5.31. The first kappa shape index (κ1) is 15.1. The van der Waals surface area contributed by atoms with Crippen LogP contribution in [0, 0.1) is 5.82 Å². The monoisotopic (exact) mass is 291 g/mol. The van der Waals surface area contributed by atoms with Crippen LogP contribution in [-0.2, 0) is 6.18 Å². The van der Waals surface area contributed by atoms with Crippen LogP contribution in [0.3, 0.4) is 0 Å². The summed E-state index contributed by atoms with van der Waals surface area (Å²) >= 11 is 0. The molecule has 6 heteroatoms. The molecule has 0 radical (unpaired) electrons. The maximum absolute atomic E-state index is 13.1. The van der Waals surface area contributed by atoms with Gasteiger partial charge in [0, 0.05) is 12.6 Å². The van der Waals surface area contributed by atoms with Gasteiger partial charge in [-0.2, -0.15) is 13.2 Å². The Hall–Kier alpha value is -1.30. The average Bonchev–Trinajstić information content (AvgIpc) is 2.88. The van der Waals surface area contributed by atoms with Gasteiger partial charge in [-0.15, -0.1) is 0 Å². The number of benzene rings is 1. The second-order valence-electron chi connectivity index (χ2n) is 4.92. The van der Waals surface area contributed by atoms with Crippen molar-refractivity contribution in [3.63, 3.8) is 0 Å². The Morgan fingerprint density at radius 1 is 1.20 bits per heavy atom. The van der Waals surface area contributed by atoms with Crippen LogP contribution < -0.4 is 10.1 Å². The molecular formula is C14H17F4NO. The summed E-state index contributed by atoms with van der Waals surface area (Å²) in [6.07, 6.45) is -0.00799. The summed E-state index contributed by atoms with van der Waals surface area (Å²) in [6.45, 7) is 0.836. The summed E-state index contributed by atoms with van der Waals surface area (Å²) in [7, 11) is 0. The van der Waals surface area contributed by atoms with Crippen molar-refractivity contribution in [3.8, 4) is 5.75 Å². The lowest BCUT2D eigenvalue weighted by atomic mass is 10.2. The zero-order valence-electron chi connectivity index (χ0n) is 11.0. The number of nitrogens with one attached hydrogen (secondary N) is 1. The van der Waals surface area contributed by atoms with E-state index in [4.69, 9.17) is 4.74 Å². The molecule has 0 aromatic heterocycles. The molecule has 0 spiro atoms. The fourth-order valence-electron chi connectivity index (χ4n) is 2.37. The summed E-state index contributed by atoms with van der Waals surface area (Å²) in [4.78, 5) is 0. The first-order chi connectivity index (χ1) is 9.47. The van der Waals surface area contributed by atoms with E-state index in [0.717, 1.165) is 18.9 Å². The molecule has 0 heterocycles. The van der Waals surface area contributed by atoms with Gasteiger partial charge >= 0.3 is 6.18 Å². The number of alkyl halides is 3. The van der Waals surface area contributed by atoms with Gasteiger partial charge in [0.1, 0.15) is 18.2 Å². The Labute approximate surface area is 115 Å². The number of hydrogen-bond acceptors (Lipinski definition) is 2. The third-order valence-corrected chi connectivity index (χ3v) is 3.40. The topological polar surface area (TPSA) is 21.3 Å². The van der Waals surface area contributed by atoms with Crippen LogP contribution >= 0.6 is 0 Å². The van der Waals surface area contributed by atoms with Gasteiger partial charge < -0.3 is 10.1 Å². The van der Waals surface area contributed by atoms with Gasteiger partial charge in [-0.3, -0.25) is 0 Å². The minimum Gasteiger partial charge on any atom is -0.492 e. The van der Waals surface area contributed by atoms with Crippen LogP contribution in [0.25, 0.3) is 0 Å². The van der Waals surface area contributed by atoms with Crippen LogP contribution in [0.4, 0.5) is 17.6 Å². The highest BCUT2D eigenvalue weighted by atomic mass is 19.4. The molecule has 2 nitrogen and oxygen atoms in total. The maximum Gasteiger partial charge on any atom is 0.419 e. The van der Waals surface area contributed by atoms with Crippen molar-refractivity contribution < 1.29 is 22.3 Å². The molecule has 1 saturated carbocycles. The highest BCUT2D eigenvalue weighted by Gasteiger charge is 2.34. The highest BCUT2D eigenvalue weighted by Crippen LogP contribution is 2.33. The second kappa shape index (κ2) is 6.43. The number of ether oxygens (including phenoxy) is 1. The average molecular weight is 291 g/mol. The molecule has 1 aromatic rings. The Morgan fingerprint density at radius 3 is 2.55 bits per heavy atom. The molecule has 0 unspecified atom stereocenters. The van der Waals surface area contributed by atoms with Crippen LogP contribution in [-0.4, -0.2) is 19.2 Å². The summed E-state index contributed by atoms with van der Waals surface area (Å²) in [5.74, 6) is -1.25. The van der Waals surface area contributed by atoms with Gasteiger partial charge in [0.05, 0.1) is 5.56 Å². The van der Waals surface area contributed by atoms with E-state index in [9.17, 15) is 17.6 Å². The largest absolute Gasteiger partial charge is 0.492 e. The minimum absolute atomic E-state index is 0.0342. The Balaban J connectivity index is 1.83. The summed E-state index contributed by atoms with van der Waals surface area (Å²) in [5.41, 5.74) is -1.29. The molecule has 112 valence electrons. The van der Waals surface area contributed by atoms with Crippen molar-refractivity contribution in [3.05, 3.63) is 29.6 Å². The maximum atomic E-state index is 13.1. The van der Waals surface area contributed by atoms with E-state index in [2.05, 4.69) is 5.32 Å². The SMILES string of the molecule is Fc1ccc(OCCNC2CCCC2)cc1C(F)(F)F. The molecule has 20 heavy (non-hydrogen) atoms. The lowest BCUT2D eigenvalue weighted by Crippen LogP contribution is -2.30. The molecule has 2 rings (SSSR count).